The van der Waals surface area contributed by atoms with Gasteiger partial charge in [0, 0.05) is 18.3 Å². The number of carbonyl (C=O) groups is 2. The number of esters is 1. The van der Waals surface area contributed by atoms with Gasteiger partial charge in [-0.1, -0.05) is 56.8 Å². The molecule has 1 amide bonds. The molecule has 31 heavy (non-hydrogen) atoms. The zero-order valence-electron chi connectivity index (χ0n) is 18.3. The number of hydrogen-bond donors (Lipinski definition) is 1. The van der Waals surface area contributed by atoms with E-state index < -0.39 is 5.97 Å². The Kier molecular flexibility index (Phi) is 6.80. The van der Waals surface area contributed by atoms with E-state index in [4.69, 9.17) is 0 Å². The number of ether oxygens (including phenoxy) is 1. The molecule has 1 heterocycles. The Bertz CT molecular complexity index is 1070. The van der Waals surface area contributed by atoms with E-state index in [0.29, 0.717) is 16.4 Å². The van der Waals surface area contributed by atoms with Crippen LogP contribution in [-0.4, -0.2) is 39.5 Å². The normalized spacial score (nSPS) is 11.3. The van der Waals surface area contributed by atoms with Crippen LogP contribution in [0.4, 0.5) is 5.69 Å². The number of amides is 1. The Hall–Kier alpha value is -3.13. The summed E-state index contributed by atoms with van der Waals surface area (Å²) >= 11 is 1.31. The molecule has 162 valence electrons. The summed E-state index contributed by atoms with van der Waals surface area (Å²) in [4.78, 5) is 23.8. The predicted molar refractivity (Wildman–Crippen MR) is 122 cm³/mol. The van der Waals surface area contributed by atoms with E-state index in [0.717, 1.165) is 11.4 Å². The molecule has 0 bridgehead atoms. The van der Waals surface area contributed by atoms with Gasteiger partial charge in [0.2, 0.25) is 5.91 Å². The van der Waals surface area contributed by atoms with Crippen molar-refractivity contribution in [1.29, 1.82) is 0 Å². The molecule has 0 aliphatic carbocycles. The van der Waals surface area contributed by atoms with Crippen LogP contribution in [-0.2, 0) is 22.0 Å². The monoisotopic (exact) mass is 438 g/mol. The summed E-state index contributed by atoms with van der Waals surface area (Å²) in [6.45, 7) is 6.53. The third kappa shape index (κ3) is 5.52. The van der Waals surface area contributed by atoms with Crippen molar-refractivity contribution in [2.45, 2.75) is 31.3 Å². The van der Waals surface area contributed by atoms with Gasteiger partial charge >= 0.3 is 5.97 Å². The van der Waals surface area contributed by atoms with Gasteiger partial charge in [-0.3, -0.25) is 4.79 Å². The fourth-order valence-electron chi connectivity index (χ4n) is 2.95. The predicted octanol–water partition coefficient (Wildman–Crippen LogP) is 4.30. The van der Waals surface area contributed by atoms with Crippen LogP contribution in [0.1, 0.15) is 36.7 Å². The van der Waals surface area contributed by atoms with Crippen LogP contribution in [0.15, 0.2) is 53.7 Å². The molecule has 3 aromatic rings. The quantitative estimate of drug-likeness (QED) is 0.456. The van der Waals surface area contributed by atoms with Crippen molar-refractivity contribution in [3.8, 4) is 11.4 Å². The molecule has 0 aliphatic rings. The first-order valence-electron chi connectivity index (χ1n) is 9.80. The van der Waals surface area contributed by atoms with E-state index in [1.165, 1.54) is 24.4 Å². The maximum absolute atomic E-state index is 12.3. The van der Waals surface area contributed by atoms with Crippen LogP contribution in [0.3, 0.4) is 0 Å². The number of nitrogens with zero attached hydrogens (tertiary/aromatic N) is 3. The second-order valence-corrected chi connectivity index (χ2v) is 9.04. The van der Waals surface area contributed by atoms with Crippen LogP contribution >= 0.6 is 11.8 Å². The number of carbonyl (C=O) groups excluding carboxylic acids is 2. The van der Waals surface area contributed by atoms with E-state index in [-0.39, 0.29) is 17.1 Å². The average Bonchev–Trinajstić information content (AvgIpc) is 3.12. The summed E-state index contributed by atoms with van der Waals surface area (Å²) < 4.78 is 6.55. The number of aromatic nitrogens is 3. The molecular formula is C23H26N4O3S. The maximum atomic E-state index is 12.3. The number of thioether (sulfide) groups is 1. The zero-order chi connectivity index (χ0) is 22.6. The Morgan fingerprint density at radius 1 is 1.03 bits per heavy atom. The smallest absolute Gasteiger partial charge is 0.337 e. The van der Waals surface area contributed by atoms with E-state index in [1.807, 2.05) is 23.7 Å². The molecular weight excluding hydrogens is 412 g/mol. The molecule has 0 aliphatic heterocycles. The molecule has 0 fully saturated rings. The third-order valence-electron chi connectivity index (χ3n) is 4.77. The van der Waals surface area contributed by atoms with Crippen molar-refractivity contribution in [3.05, 3.63) is 59.7 Å². The highest BCUT2D eigenvalue weighted by Gasteiger charge is 2.16. The van der Waals surface area contributed by atoms with Gasteiger partial charge in [0.15, 0.2) is 11.0 Å². The van der Waals surface area contributed by atoms with Gasteiger partial charge in [-0.05, 0) is 35.2 Å². The molecule has 3 rings (SSSR count). The average molecular weight is 439 g/mol. The zero-order valence-corrected chi connectivity index (χ0v) is 19.1. The molecule has 0 atom stereocenters. The highest BCUT2D eigenvalue weighted by Crippen LogP contribution is 2.27. The maximum Gasteiger partial charge on any atom is 0.337 e. The van der Waals surface area contributed by atoms with Crippen LogP contribution in [0, 0.1) is 0 Å². The van der Waals surface area contributed by atoms with Crippen molar-refractivity contribution in [1.82, 2.24) is 14.8 Å². The molecule has 0 radical (unpaired) electrons. The summed E-state index contributed by atoms with van der Waals surface area (Å²) in [5.74, 6) is 0.351. The fraction of sp³-hybridized carbons (Fsp3) is 0.304. The molecule has 0 unspecified atom stereocenters. The van der Waals surface area contributed by atoms with Gasteiger partial charge < -0.3 is 14.6 Å². The molecule has 7 nitrogen and oxygen atoms in total. The largest absolute Gasteiger partial charge is 0.465 e. The summed E-state index contributed by atoms with van der Waals surface area (Å²) in [5.41, 5.74) is 3.36. The SMILES string of the molecule is COC(=O)c1ccc(NC(=O)CSc2nnc(-c3ccc(C(C)(C)C)cc3)n2C)cc1. The molecule has 1 N–H and O–H groups in total. The molecule has 2 aromatic carbocycles. The number of nitrogens with one attached hydrogen (secondary N) is 1. The lowest BCUT2D eigenvalue weighted by Gasteiger charge is -2.19. The van der Waals surface area contributed by atoms with Gasteiger partial charge in [0.25, 0.3) is 0 Å². The number of methoxy groups -OCH3 is 1. The first kappa shape index (κ1) is 22.6. The molecule has 0 spiro atoms. The minimum absolute atomic E-state index is 0.0897. The summed E-state index contributed by atoms with van der Waals surface area (Å²) in [6.07, 6.45) is 0. The number of hydrogen-bond acceptors (Lipinski definition) is 6. The highest BCUT2D eigenvalue weighted by atomic mass is 32.2. The minimum atomic E-state index is -0.417. The van der Waals surface area contributed by atoms with E-state index in [2.05, 4.69) is 53.2 Å². The van der Waals surface area contributed by atoms with Gasteiger partial charge in [-0.25, -0.2) is 4.79 Å². The van der Waals surface area contributed by atoms with Gasteiger partial charge in [-0.15, -0.1) is 10.2 Å². The van der Waals surface area contributed by atoms with E-state index in [1.54, 1.807) is 24.3 Å². The van der Waals surface area contributed by atoms with Crippen molar-refractivity contribution in [3.63, 3.8) is 0 Å². The van der Waals surface area contributed by atoms with Crippen LogP contribution < -0.4 is 5.32 Å². The van der Waals surface area contributed by atoms with E-state index >= 15 is 0 Å². The van der Waals surface area contributed by atoms with Crippen LogP contribution in [0.25, 0.3) is 11.4 Å². The fourth-order valence-corrected chi connectivity index (χ4v) is 3.66. The summed E-state index contributed by atoms with van der Waals surface area (Å²) in [5, 5.41) is 12.0. The lowest BCUT2D eigenvalue weighted by molar-refractivity contribution is -0.113. The first-order chi connectivity index (χ1) is 14.7. The number of anilines is 1. The molecule has 0 saturated heterocycles. The van der Waals surface area contributed by atoms with Crippen molar-refractivity contribution in [2.24, 2.45) is 7.05 Å². The Labute approximate surface area is 186 Å². The van der Waals surface area contributed by atoms with Crippen molar-refractivity contribution >= 4 is 29.3 Å². The molecule has 1 aromatic heterocycles. The second kappa shape index (κ2) is 9.34. The topological polar surface area (TPSA) is 86.1 Å². The first-order valence-corrected chi connectivity index (χ1v) is 10.8. The molecule has 8 heteroatoms. The van der Waals surface area contributed by atoms with Crippen molar-refractivity contribution < 1.29 is 14.3 Å². The molecule has 0 saturated carbocycles. The standard InChI is InChI=1S/C23H26N4O3S/c1-23(2,3)17-10-6-15(7-11-17)20-25-26-22(27(20)4)31-14-19(28)24-18-12-8-16(9-13-18)21(29)30-5/h6-13H,14H2,1-5H3,(H,24,28). The Morgan fingerprint density at radius 2 is 1.68 bits per heavy atom. The van der Waals surface area contributed by atoms with Gasteiger partial charge in [0.1, 0.15) is 0 Å². The summed E-state index contributed by atoms with van der Waals surface area (Å²) in [6, 6.07) is 14.8. The van der Waals surface area contributed by atoms with Crippen LogP contribution in [0.2, 0.25) is 0 Å². The van der Waals surface area contributed by atoms with Gasteiger partial charge in [0.05, 0.1) is 18.4 Å². The second-order valence-electron chi connectivity index (χ2n) is 8.10. The Balaban J connectivity index is 1.61. The Morgan fingerprint density at radius 3 is 2.26 bits per heavy atom. The summed E-state index contributed by atoms with van der Waals surface area (Å²) in [7, 11) is 3.22. The lowest BCUT2D eigenvalue weighted by atomic mass is 9.87. The number of benzene rings is 2. The lowest BCUT2D eigenvalue weighted by Crippen LogP contribution is -2.14. The third-order valence-corrected chi connectivity index (χ3v) is 5.79. The highest BCUT2D eigenvalue weighted by molar-refractivity contribution is 7.99. The van der Waals surface area contributed by atoms with Crippen molar-refractivity contribution in [2.75, 3.05) is 18.2 Å². The number of rotatable bonds is 6. The van der Waals surface area contributed by atoms with E-state index in [9.17, 15) is 9.59 Å². The van der Waals surface area contributed by atoms with Gasteiger partial charge in [-0.2, -0.15) is 0 Å². The minimum Gasteiger partial charge on any atom is -0.465 e. The van der Waals surface area contributed by atoms with Crippen LogP contribution in [0.5, 0.6) is 0 Å².